The van der Waals surface area contributed by atoms with Gasteiger partial charge < -0.3 is 24.8 Å². The Kier molecular flexibility index (Phi) is 1.68. The van der Waals surface area contributed by atoms with E-state index in [4.69, 9.17) is 9.47 Å². The Balaban J connectivity index is 2.25. The van der Waals surface area contributed by atoms with Crippen molar-refractivity contribution < 1.29 is 24.8 Å². The SMILES string of the molecule is C[C@@]12CO[C@@H](O1)[C@H](O)[C@@H](O)[C@@H]2O. The monoisotopic (exact) mass is 176 g/mol. The van der Waals surface area contributed by atoms with Gasteiger partial charge in [0.25, 0.3) is 0 Å². The summed E-state index contributed by atoms with van der Waals surface area (Å²) in [5, 5.41) is 28.1. The number of ether oxygens (including phenoxy) is 2. The second kappa shape index (κ2) is 2.40. The lowest BCUT2D eigenvalue weighted by atomic mass is 9.91. The quantitative estimate of drug-likeness (QED) is 0.406. The fourth-order valence-corrected chi connectivity index (χ4v) is 1.61. The molecule has 2 aliphatic rings. The maximum Gasteiger partial charge on any atom is 0.187 e. The van der Waals surface area contributed by atoms with E-state index in [0.29, 0.717) is 0 Å². The van der Waals surface area contributed by atoms with Gasteiger partial charge in [-0.3, -0.25) is 0 Å². The molecule has 12 heavy (non-hydrogen) atoms. The second-order valence-electron chi connectivity index (χ2n) is 3.54. The third-order valence-electron chi connectivity index (χ3n) is 2.50. The van der Waals surface area contributed by atoms with Gasteiger partial charge in [0.15, 0.2) is 6.29 Å². The van der Waals surface area contributed by atoms with Gasteiger partial charge in [0.05, 0.1) is 6.61 Å². The van der Waals surface area contributed by atoms with Crippen molar-refractivity contribution in [2.24, 2.45) is 0 Å². The molecular weight excluding hydrogens is 164 g/mol. The van der Waals surface area contributed by atoms with Gasteiger partial charge in [-0.2, -0.15) is 0 Å². The fraction of sp³-hybridized carbons (Fsp3) is 1.00. The first-order valence-electron chi connectivity index (χ1n) is 3.88. The lowest BCUT2D eigenvalue weighted by Crippen LogP contribution is -2.59. The summed E-state index contributed by atoms with van der Waals surface area (Å²) in [5.74, 6) is 0. The normalized spacial score (nSPS) is 59.0. The van der Waals surface area contributed by atoms with Crippen molar-refractivity contribution in [2.45, 2.75) is 37.1 Å². The van der Waals surface area contributed by atoms with Gasteiger partial charge in [-0.05, 0) is 6.92 Å². The third-order valence-corrected chi connectivity index (χ3v) is 2.50. The molecule has 0 amide bonds. The Morgan fingerprint density at radius 3 is 2.58 bits per heavy atom. The van der Waals surface area contributed by atoms with Crippen LogP contribution < -0.4 is 0 Å². The summed E-state index contributed by atoms with van der Waals surface area (Å²) >= 11 is 0. The first-order valence-corrected chi connectivity index (χ1v) is 3.88. The van der Waals surface area contributed by atoms with E-state index in [-0.39, 0.29) is 6.61 Å². The minimum atomic E-state index is -1.18. The average Bonchev–Trinajstić information content (AvgIpc) is 2.41. The lowest BCUT2D eigenvalue weighted by Gasteiger charge is -2.38. The molecule has 0 aliphatic carbocycles. The predicted octanol–water partition coefficient (Wildman–Crippen LogP) is -1.79. The number of rotatable bonds is 0. The zero-order valence-electron chi connectivity index (χ0n) is 6.67. The van der Waals surface area contributed by atoms with E-state index < -0.39 is 30.2 Å². The van der Waals surface area contributed by atoms with Crippen LogP contribution in [0.3, 0.4) is 0 Å². The van der Waals surface area contributed by atoms with Crippen LogP contribution >= 0.6 is 0 Å². The number of fused-ring (bicyclic) bond motifs is 2. The van der Waals surface area contributed by atoms with E-state index in [9.17, 15) is 15.3 Å². The lowest BCUT2D eigenvalue weighted by molar-refractivity contribution is -0.254. The highest BCUT2D eigenvalue weighted by Gasteiger charge is 2.56. The van der Waals surface area contributed by atoms with Crippen LogP contribution in [0.5, 0.6) is 0 Å². The molecule has 2 rings (SSSR count). The molecular formula is C7H12O5. The van der Waals surface area contributed by atoms with Gasteiger partial charge in [-0.25, -0.2) is 0 Å². The summed E-state index contributed by atoms with van der Waals surface area (Å²) in [4.78, 5) is 0. The standard InChI is InChI=1S/C7H12O5/c1-7-2-11-6(12-7)4(9)3(8)5(7)10/h3-6,8-10H,2H2,1H3/t3-,4-,5+,6+,7+/m1/s1. The van der Waals surface area contributed by atoms with E-state index in [2.05, 4.69) is 0 Å². The Morgan fingerprint density at radius 1 is 1.25 bits per heavy atom. The molecule has 0 aromatic heterocycles. The van der Waals surface area contributed by atoms with Crippen LogP contribution in [0.2, 0.25) is 0 Å². The van der Waals surface area contributed by atoms with Gasteiger partial charge >= 0.3 is 0 Å². The largest absolute Gasteiger partial charge is 0.387 e. The maximum absolute atomic E-state index is 9.48. The van der Waals surface area contributed by atoms with Crippen LogP contribution in [0.4, 0.5) is 0 Å². The van der Waals surface area contributed by atoms with Gasteiger partial charge in [-0.1, -0.05) is 0 Å². The van der Waals surface area contributed by atoms with Crippen LogP contribution in [-0.4, -0.2) is 52.1 Å². The first-order chi connectivity index (χ1) is 5.54. The van der Waals surface area contributed by atoms with Gasteiger partial charge in [0.1, 0.15) is 23.9 Å². The van der Waals surface area contributed by atoms with Gasteiger partial charge in [0.2, 0.25) is 0 Å². The third kappa shape index (κ3) is 0.915. The Labute approximate surface area is 69.5 Å². The Morgan fingerprint density at radius 2 is 1.92 bits per heavy atom. The Bertz CT molecular complexity index is 196. The summed E-state index contributed by atoms with van der Waals surface area (Å²) in [6.45, 7) is 1.85. The minimum Gasteiger partial charge on any atom is -0.387 e. The van der Waals surface area contributed by atoms with Crippen molar-refractivity contribution in [3.63, 3.8) is 0 Å². The first kappa shape index (κ1) is 8.40. The molecule has 2 bridgehead atoms. The van der Waals surface area contributed by atoms with Crippen molar-refractivity contribution in [3.05, 3.63) is 0 Å². The van der Waals surface area contributed by atoms with Gasteiger partial charge in [-0.15, -0.1) is 0 Å². The molecule has 2 aliphatic heterocycles. The van der Waals surface area contributed by atoms with Crippen LogP contribution in [-0.2, 0) is 9.47 Å². The number of aliphatic hydroxyl groups is 3. The van der Waals surface area contributed by atoms with Gasteiger partial charge in [0, 0.05) is 0 Å². The molecule has 3 N–H and O–H groups in total. The molecule has 0 spiro atoms. The molecule has 70 valence electrons. The summed E-state index contributed by atoms with van der Waals surface area (Å²) in [5.41, 5.74) is -0.872. The molecule has 0 saturated carbocycles. The molecule has 5 heteroatoms. The number of hydrogen-bond acceptors (Lipinski definition) is 5. The highest BCUT2D eigenvalue weighted by molar-refractivity contribution is 5.00. The molecule has 0 aromatic carbocycles. The highest BCUT2D eigenvalue weighted by atomic mass is 16.8. The molecule has 2 heterocycles. The fourth-order valence-electron chi connectivity index (χ4n) is 1.61. The maximum atomic E-state index is 9.48. The van der Waals surface area contributed by atoms with Crippen molar-refractivity contribution in [1.82, 2.24) is 0 Å². The Hall–Kier alpha value is -0.200. The summed E-state index contributed by atoms with van der Waals surface area (Å²) in [6, 6.07) is 0. The van der Waals surface area contributed by atoms with E-state index in [1.54, 1.807) is 6.92 Å². The molecule has 5 nitrogen and oxygen atoms in total. The summed E-state index contributed by atoms with van der Waals surface area (Å²) in [6.07, 6.45) is -4.23. The molecule has 2 saturated heterocycles. The highest BCUT2D eigenvalue weighted by Crippen LogP contribution is 2.36. The summed E-state index contributed by atoms with van der Waals surface area (Å²) in [7, 11) is 0. The predicted molar refractivity (Wildman–Crippen MR) is 37.3 cm³/mol. The zero-order chi connectivity index (χ0) is 8.93. The minimum absolute atomic E-state index is 0.201. The van der Waals surface area contributed by atoms with Crippen LogP contribution in [0.15, 0.2) is 0 Å². The van der Waals surface area contributed by atoms with Crippen molar-refractivity contribution in [1.29, 1.82) is 0 Å². The van der Waals surface area contributed by atoms with Crippen molar-refractivity contribution >= 4 is 0 Å². The van der Waals surface area contributed by atoms with Crippen LogP contribution in [0.1, 0.15) is 6.92 Å². The topological polar surface area (TPSA) is 79.2 Å². The average molecular weight is 176 g/mol. The molecule has 0 aromatic rings. The molecule has 0 radical (unpaired) electrons. The van der Waals surface area contributed by atoms with E-state index in [1.807, 2.05) is 0 Å². The zero-order valence-corrected chi connectivity index (χ0v) is 6.67. The van der Waals surface area contributed by atoms with E-state index in [1.165, 1.54) is 0 Å². The molecule has 0 unspecified atom stereocenters. The van der Waals surface area contributed by atoms with Crippen molar-refractivity contribution in [3.8, 4) is 0 Å². The summed E-state index contributed by atoms with van der Waals surface area (Å²) < 4.78 is 10.2. The number of aliphatic hydroxyl groups excluding tert-OH is 3. The second-order valence-corrected chi connectivity index (χ2v) is 3.54. The molecule has 2 fully saturated rings. The van der Waals surface area contributed by atoms with E-state index >= 15 is 0 Å². The number of hydrogen-bond donors (Lipinski definition) is 3. The molecule has 5 atom stereocenters. The smallest absolute Gasteiger partial charge is 0.187 e. The van der Waals surface area contributed by atoms with E-state index in [0.717, 1.165) is 0 Å². The van der Waals surface area contributed by atoms with Crippen molar-refractivity contribution in [2.75, 3.05) is 6.61 Å². The van der Waals surface area contributed by atoms with Crippen LogP contribution in [0.25, 0.3) is 0 Å². The van der Waals surface area contributed by atoms with Crippen LogP contribution in [0, 0.1) is 0 Å².